The van der Waals surface area contributed by atoms with Crippen LogP contribution in [0.3, 0.4) is 0 Å². The normalized spacial score (nSPS) is 23.5. The molecule has 4 nitrogen and oxygen atoms in total. The lowest BCUT2D eigenvalue weighted by Gasteiger charge is -2.40. The first-order valence-corrected chi connectivity index (χ1v) is 7.04. The van der Waals surface area contributed by atoms with Gasteiger partial charge in [0.25, 0.3) is 0 Å². The summed E-state index contributed by atoms with van der Waals surface area (Å²) in [5, 5.41) is 13.7. The second-order valence-corrected chi connectivity index (χ2v) is 6.54. The number of nitrogens with one attached hydrogen (secondary N) is 1. The minimum absolute atomic E-state index is 0.00787. The standard InChI is InChI=1S/C14H25BNO3/c1-12(2,17)13(3,4)19-15-11-5-8-16-14(11)6-9-18-10-7-14/h5,16-17H,6-10H2,1-4H3. The van der Waals surface area contributed by atoms with Crippen LogP contribution in [0.15, 0.2) is 11.5 Å². The summed E-state index contributed by atoms with van der Waals surface area (Å²) in [4.78, 5) is 0. The first-order valence-electron chi connectivity index (χ1n) is 7.04. The van der Waals surface area contributed by atoms with Gasteiger partial charge < -0.3 is 19.8 Å². The quantitative estimate of drug-likeness (QED) is 0.751. The Kier molecular flexibility index (Phi) is 4.12. The molecule has 0 aliphatic carbocycles. The Morgan fingerprint density at radius 1 is 1.32 bits per heavy atom. The zero-order chi connectivity index (χ0) is 14.1. The van der Waals surface area contributed by atoms with Crippen molar-refractivity contribution in [1.82, 2.24) is 5.32 Å². The second kappa shape index (κ2) is 5.21. The SMILES string of the molecule is CC(C)(O)C(C)(C)O[B]C1=CCNC12CCOCC2. The average Bonchev–Trinajstić information content (AvgIpc) is 2.69. The number of rotatable bonds is 4. The van der Waals surface area contributed by atoms with Crippen molar-refractivity contribution in [3.8, 4) is 0 Å². The molecule has 1 radical (unpaired) electrons. The van der Waals surface area contributed by atoms with Crippen LogP contribution in [0.1, 0.15) is 40.5 Å². The van der Waals surface area contributed by atoms with Gasteiger partial charge in [0, 0.05) is 25.3 Å². The molecule has 2 aliphatic rings. The largest absolute Gasteiger partial charge is 0.427 e. The number of hydrogen-bond acceptors (Lipinski definition) is 4. The fourth-order valence-corrected chi connectivity index (χ4v) is 2.36. The van der Waals surface area contributed by atoms with E-state index in [4.69, 9.17) is 9.39 Å². The van der Waals surface area contributed by atoms with E-state index in [1.54, 1.807) is 13.8 Å². The van der Waals surface area contributed by atoms with E-state index in [-0.39, 0.29) is 5.54 Å². The summed E-state index contributed by atoms with van der Waals surface area (Å²) in [7, 11) is 1.82. The van der Waals surface area contributed by atoms with Crippen LogP contribution >= 0.6 is 0 Å². The van der Waals surface area contributed by atoms with Crippen molar-refractivity contribution in [3.63, 3.8) is 0 Å². The minimum Gasteiger partial charge on any atom is -0.427 e. The lowest BCUT2D eigenvalue weighted by molar-refractivity contribution is -0.0900. The molecule has 0 amide bonds. The van der Waals surface area contributed by atoms with Gasteiger partial charge in [-0.1, -0.05) is 11.5 Å². The third-order valence-corrected chi connectivity index (χ3v) is 4.62. The summed E-state index contributed by atoms with van der Waals surface area (Å²) in [6.07, 6.45) is 4.12. The Morgan fingerprint density at radius 2 is 1.95 bits per heavy atom. The Hall–Kier alpha value is -0.355. The molecule has 1 spiro atoms. The van der Waals surface area contributed by atoms with Crippen molar-refractivity contribution in [2.75, 3.05) is 19.8 Å². The van der Waals surface area contributed by atoms with E-state index in [1.165, 1.54) is 5.47 Å². The Bertz CT molecular complexity index is 354. The Morgan fingerprint density at radius 3 is 2.53 bits per heavy atom. The molecule has 1 fully saturated rings. The van der Waals surface area contributed by atoms with Gasteiger partial charge in [-0.15, -0.1) is 0 Å². The highest BCUT2D eigenvalue weighted by Gasteiger charge is 2.42. The highest BCUT2D eigenvalue weighted by molar-refractivity contribution is 6.39. The van der Waals surface area contributed by atoms with Gasteiger partial charge in [0.1, 0.15) is 0 Å². The van der Waals surface area contributed by atoms with Crippen LogP contribution in [0.4, 0.5) is 0 Å². The predicted molar refractivity (Wildman–Crippen MR) is 76.1 cm³/mol. The van der Waals surface area contributed by atoms with Gasteiger partial charge >= 0.3 is 7.48 Å². The molecule has 2 aliphatic heterocycles. The molecule has 19 heavy (non-hydrogen) atoms. The number of ether oxygens (including phenoxy) is 1. The summed E-state index contributed by atoms with van der Waals surface area (Å²) in [5.41, 5.74) is -0.316. The molecular formula is C14H25BNO3. The summed E-state index contributed by atoms with van der Waals surface area (Å²) in [6.45, 7) is 9.79. The lowest BCUT2D eigenvalue weighted by atomic mass is 9.69. The van der Waals surface area contributed by atoms with Crippen LogP contribution in [0.25, 0.3) is 0 Å². The molecule has 0 aromatic carbocycles. The van der Waals surface area contributed by atoms with Gasteiger partial charge in [0.05, 0.1) is 11.2 Å². The van der Waals surface area contributed by atoms with Gasteiger partial charge in [-0.05, 0) is 40.5 Å². The molecule has 0 unspecified atom stereocenters. The molecule has 2 rings (SSSR count). The molecular weight excluding hydrogens is 241 g/mol. The first kappa shape index (κ1) is 15.0. The van der Waals surface area contributed by atoms with Crippen LogP contribution in [0, 0.1) is 0 Å². The highest BCUT2D eigenvalue weighted by Crippen LogP contribution is 2.33. The monoisotopic (exact) mass is 266 g/mol. The average molecular weight is 266 g/mol. The van der Waals surface area contributed by atoms with Crippen LogP contribution < -0.4 is 5.32 Å². The fourth-order valence-electron chi connectivity index (χ4n) is 2.36. The van der Waals surface area contributed by atoms with Crippen molar-refractivity contribution in [2.45, 2.75) is 57.3 Å². The van der Waals surface area contributed by atoms with E-state index >= 15 is 0 Å². The van der Waals surface area contributed by atoms with Crippen molar-refractivity contribution in [3.05, 3.63) is 11.5 Å². The lowest BCUT2D eigenvalue weighted by Crippen LogP contribution is -2.52. The third kappa shape index (κ3) is 3.05. The summed E-state index contributed by atoms with van der Waals surface area (Å²) in [5.74, 6) is 0. The van der Waals surface area contributed by atoms with E-state index in [1.807, 2.05) is 21.3 Å². The summed E-state index contributed by atoms with van der Waals surface area (Å²) >= 11 is 0. The Balaban J connectivity index is 1.99. The molecule has 107 valence electrons. The zero-order valence-corrected chi connectivity index (χ0v) is 12.5. The molecule has 0 bridgehead atoms. The second-order valence-electron chi connectivity index (χ2n) is 6.54. The first-order chi connectivity index (χ1) is 8.77. The fraction of sp³-hybridized carbons (Fsp3) is 0.857. The van der Waals surface area contributed by atoms with Gasteiger partial charge in [-0.25, -0.2) is 0 Å². The molecule has 5 heteroatoms. The van der Waals surface area contributed by atoms with Gasteiger partial charge in [-0.2, -0.15) is 0 Å². The zero-order valence-electron chi connectivity index (χ0n) is 12.5. The van der Waals surface area contributed by atoms with E-state index in [9.17, 15) is 5.11 Å². The van der Waals surface area contributed by atoms with Crippen molar-refractivity contribution in [1.29, 1.82) is 0 Å². The van der Waals surface area contributed by atoms with E-state index in [0.29, 0.717) is 0 Å². The predicted octanol–water partition coefficient (Wildman–Crippen LogP) is 1.21. The molecule has 0 saturated carbocycles. The summed E-state index contributed by atoms with van der Waals surface area (Å²) < 4.78 is 11.3. The van der Waals surface area contributed by atoms with Crippen molar-refractivity contribution in [2.24, 2.45) is 0 Å². The summed E-state index contributed by atoms with van der Waals surface area (Å²) in [6, 6.07) is 0. The van der Waals surface area contributed by atoms with Crippen molar-refractivity contribution >= 4 is 7.48 Å². The van der Waals surface area contributed by atoms with Crippen LogP contribution in [0.5, 0.6) is 0 Å². The number of hydrogen-bond donors (Lipinski definition) is 2. The van der Waals surface area contributed by atoms with Crippen LogP contribution in [-0.2, 0) is 9.39 Å². The molecule has 0 aromatic heterocycles. The van der Waals surface area contributed by atoms with Crippen LogP contribution in [-0.4, -0.2) is 49.1 Å². The van der Waals surface area contributed by atoms with E-state index in [0.717, 1.165) is 32.6 Å². The van der Waals surface area contributed by atoms with Gasteiger partial charge in [0.2, 0.25) is 0 Å². The minimum atomic E-state index is -0.890. The molecule has 2 heterocycles. The third-order valence-electron chi connectivity index (χ3n) is 4.62. The van der Waals surface area contributed by atoms with E-state index < -0.39 is 11.2 Å². The van der Waals surface area contributed by atoms with Crippen molar-refractivity contribution < 1.29 is 14.5 Å². The van der Waals surface area contributed by atoms with Gasteiger partial charge in [0.15, 0.2) is 0 Å². The van der Waals surface area contributed by atoms with Crippen LogP contribution in [0.2, 0.25) is 0 Å². The molecule has 1 saturated heterocycles. The highest BCUT2D eigenvalue weighted by atomic mass is 16.5. The Labute approximate surface area is 116 Å². The van der Waals surface area contributed by atoms with E-state index in [2.05, 4.69) is 11.4 Å². The maximum Gasteiger partial charge on any atom is 0.328 e. The molecule has 0 atom stereocenters. The smallest absolute Gasteiger partial charge is 0.328 e. The maximum atomic E-state index is 10.1. The molecule has 2 N–H and O–H groups in total. The maximum absolute atomic E-state index is 10.1. The topological polar surface area (TPSA) is 50.7 Å². The number of aliphatic hydroxyl groups is 1. The van der Waals surface area contributed by atoms with Gasteiger partial charge in [-0.3, -0.25) is 0 Å². The molecule has 0 aromatic rings.